The van der Waals surface area contributed by atoms with Crippen LogP contribution in [0.3, 0.4) is 0 Å². The summed E-state index contributed by atoms with van der Waals surface area (Å²) < 4.78 is 34.5. The molecule has 1 atom stereocenters. The Kier molecular flexibility index (Phi) is 9.98. The van der Waals surface area contributed by atoms with E-state index in [0.29, 0.717) is 12.2 Å². The largest absolute Gasteiger partial charge is 0.495 e. The minimum absolute atomic E-state index is 0.0474. The molecule has 0 saturated carbocycles. The third kappa shape index (κ3) is 7.85. The second-order valence-electron chi connectivity index (χ2n) is 10.7. The fraction of sp³-hybridized carbons (Fsp3) is 0.355. The number of rotatable bonds is 11. The van der Waals surface area contributed by atoms with Gasteiger partial charge in [0.25, 0.3) is 10.0 Å². The molecule has 8 nitrogen and oxygen atoms in total. The van der Waals surface area contributed by atoms with Gasteiger partial charge >= 0.3 is 0 Å². The normalized spacial score (nSPS) is 12.3. The van der Waals surface area contributed by atoms with Crippen LogP contribution < -0.4 is 14.4 Å². The van der Waals surface area contributed by atoms with E-state index >= 15 is 0 Å². The molecule has 3 rings (SSSR count). The van der Waals surface area contributed by atoms with Crippen LogP contribution in [-0.4, -0.2) is 56.9 Å². The summed E-state index contributed by atoms with van der Waals surface area (Å²) in [5, 5.41) is 2.93. The number of nitrogens with zero attached hydrogens (tertiary/aromatic N) is 2. The minimum Gasteiger partial charge on any atom is -0.495 e. The van der Waals surface area contributed by atoms with Crippen LogP contribution in [0, 0.1) is 6.92 Å². The number of sulfonamides is 1. The number of hydrogen-bond donors (Lipinski definition) is 1. The number of aryl methyl sites for hydroxylation is 1. The second kappa shape index (κ2) is 13.0. The molecule has 3 aromatic rings. The van der Waals surface area contributed by atoms with Gasteiger partial charge in [-0.15, -0.1) is 0 Å². The first-order valence-corrected chi connectivity index (χ1v) is 14.7. The Morgan fingerprint density at radius 2 is 1.52 bits per heavy atom. The number of carbonyl (C=O) groups is 2. The molecule has 0 saturated heterocycles. The van der Waals surface area contributed by atoms with E-state index in [4.69, 9.17) is 4.74 Å². The third-order valence-corrected chi connectivity index (χ3v) is 8.17. The molecule has 1 N–H and O–H groups in total. The Bertz CT molecular complexity index is 1400. The van der Waals surface area contributed by atoms with Gasteiger partial charge in [-0.3, -0.25) is 13.9 Å². The van der Waals surface area contributed by atoms with E-state index < -0.39 is 34.1 Å². The summed E-state index contributed by atoms with van der Waals surface area (Å²) in [6.07, 6.45) is 0.499. The lowest BCUT2D eigenvalue weighted by Gasteiger charge is -2.33. The van der Waals surface area contributed by atoms with Gasteiger partial charge in [-0.2, -0.15) is 0 Å². The number of carbonyl (C=O) groups excluding carboxylic acids is 2. The van der Waals surface area contributed by atoms with Crippen LogP contribution in [0.15, 0.2) is 83.8 Å². The first kappa shape index (κ1) is 30.7. The van der Waals surface area contributed by atoms with Crippen LogP contribution >= 0.6 is 0 Å². The van der Waals surface area contributed by atoms with E-state index in [0.717, 1.165) is 15.4 Å². The fourth-order valence-electron chi connectivity index (χ4n) is 4.23. The second-order valence-corrected chi connectivity index (χ2v) is 12.6. The Morgan fingerprint density at radius 3 is 2.12 bits per heavy atom. The molecule has 214 valence electrons. The maximum Gasteiger partial charge on any atom is 0.264 e. The summed E-state index contributed by atoms with van der Waals surface area (Å²) in [7, 11) is -2.72. The molecule has 1 unspecified atom stereocenters. The zero-order valence-electron chi connectivity index (χ0n) is 24.0. The van der Waals surface area contributed by atoms with Gasteiger partial charge in [-0.25, -0.2) is 8.42 Å². The average molecular weight is 566 g/mol. The molecule has 0 aromatic heterocycles. The van der Waals surface area contributed by atoms with Crippen molar-refractivity contribution in [2.75, 3.05) is 24.5 Å². The average Bonchev–Trinajstić information content (AvgIpc) is 2.91. The molecule has 0 aliphatic heterocycles. The zero-order chi connectivity index (χ0) is 29.5. The lowest BCUT2D eigenvalue weighted by molar-refractivity contribution is -0.139. The van der Waals surface area contributed by atoms with Gasteiger partial charge in [0.05, 0.1) is 17.7 Å². The number of methoxy groups -OCH3 is 1. The Balaban J connectivity index is 2.02. The van der Waals surface area contributed by atoms with Gasteiger partial charge < -0.3 is 15.0 Å². The zero-order valence-corrected chi connectivity index (χ0v) is 24.9. The highest BCUT2D eigenvalue weighted by atomic mass is 32.2. The first-order chi connectivity index (χ1) is 18.8. The summed E-state index contributed by atoms with van der Waals surface area (Å²) in [6, 6.07) is 21.9. The van der Waals surface area contributed by atoms with Crippen molar-refractivity contribution >= 4 is 27.5 Å². The number of para-hydroxylation sites is 2. The third-order valence-electron chi connectivity index (χ3n) is 6.39. The molecule has 9 heteroatoms. The fourth-order valence-corrected chi connectivity index (χ4v) is 5.66. The maximum atomic E-state index is 14.0. The van der Waals surface area contributed by atoms with E-state index in [1.54, 1.807) is 43.3 Å². The molecular weight excluding hydrogens is 526 g/mol. The summed E-state index contributed by atoms with van der Waals surface area (Å²) in [5.41, 5.74) is 1.63. The van der Waals surface area contributed by atoms with E-state index in [1.807, 2.05) is 58.0 Å². The van der Waals surface area contributed by atoms with Crippen molar-refractivity contribution in [3.8, 4) is 5.75 Å². The standard InChI is InChI=1S/C31H39N3O5S/c1-23-16-18-26(19-17-23)40(37,38)34(27-14-10-11-15-28(27)39-6)22-29(35)33(21-20-25-12-8-7-9-13-25)24(2)30(36)32-31(3,4)5/h7-19,24H,20-22H2,1-6H3,(H,32,36). The Hall–Kier alpha value is -3.85. The highest BCUT2D eigenvalue weighted by Crippen LogP contribution is 2.32. The van der Waals surface area contributed by atoms with Crippen LogP contribution in [-0.2, 0) is 26.0 Å². The Labute approximate surface area is 238 Å². The van der Waals surface area contributed by atoms with Gasteiger partial charge in [-0.05, 0) is 70.9 Å². The number of hydrogen-bond acceptors (Lipinski definition) is 5. The van der Waals surface area contributed by atoms with Crippen LogP contribution in [0.1, 0.15) is 38.8 Å². The lowest BCUT2D eigenvalue weighted by atomic mass is 10.1. The van der Waals surface area contributed by atoms with Crippen molar-refractivity contribution in [1.82, 2.24) is 10.2 Å². The summed E-state index contributed by atoms with van der Waals surface area (Å²) in [4.78, 5) is 28.6. The summed E-state index contributed by atoms with van der Waals surface area (Å²) >= 11 is 0. The van der Waals surface area contributed by atoms with E-state index in [1.165, 1.54) is 24.1 Å². The molecule has 40 heavy (non-hydrogen) atoms. The SMILES string of the molecule is COc1ccccc1N(CC(=O)N(CCc1ccccc1)C(C)C(=O)NC(C)(C)C)S(=O)(=O)c1ccc(C)cc1. The molecule has 3 aromatic carbocycles. The molecule has 0 bridgehead atoms. The van der Waals surface area contributed by atoms with Crippen LogP contribution in [0.25, 0.3) is 0 Å². The van der Waals surface area contributed by atoms with Gasteiger partial charge in [0.2, 0.25) is 11.8 Å². The van der Waals surface area contributed by atoms with Crippen LogP contribution in [0.2, 0.25) is 0 Å². The summed E-state index contributed by atoms with van der Waals surface area (Å²) in [5.74, 6) is -0.520. The van der Waals surface area contributed by atoms with E-state index in [-0.39, 0.29) is 23.0 Å². The van der Waals surface area contributed by atoms with Crippen LogP contribution in [0.5, 0.6) is 5.75 Å². The first-order valence-electron chi connectivity index (χ1n) is 13.2. The monoisotopic (exact) mass is 565 g/mol. The topological polar surface area (TPSA) is 96.0 Å². The van der Waals surface area contributed by atoms with Crippen molar-refractivity contribution < 1.29 is 22.7 Å². The van der Waals surface area contributed by atoms with Crippen molar-refractivity contribution in [2.24, 2.45) is 0 Å². The molecule has 0 radical (unpaired) electrons. The number of anilines is 1. The minimum atomic E-state index is -4.17. The van der Waals surface area contributed by atoms with Crippen LogP contribution in [0.4, 0.5) is 5.69 Å². The highest BCUT2D eigenvalue weighted by molar-refractivity contribution is 7.92. The maximum absolute atomic E-state index is 14.0. The number of amides is 2. The van der Waals surface area contributed by atoms with Crippen molar-refractivity contribution in [3.63, 3.8) is 0 Å². The number of nitrogens with one attached hydrogen (secondary N) is 1. The molecule has 0 heterocycles. The van der Waals surface area contributed by atoms with E-state index in [2.05, 4.69) is 5.32 Å². The quantitative estimate of drug-likeness (QED) is 0.367. The highest BCUT2D eigenvalue weighted by Gasteiger charge is 2.34. The van der Waals surface area contributed by atoms with Gasteiger partial charge in [0.1, 0.15) is 18.3 Å². The van der Waals surface area contributed by atoms with Crippen molar-refractivity contribution in [3.05, 3.63) is 90.0 Å². The number of ether oxygens (including phenoxy) is 1. The smallest absolute Gasteiger partial charge is 0.264 e. The summed E-state index contributed by atoms with van der Waals surface area (Å²) in [6.45, 7) is 8.84. The van der Waals surface area contributed by atoms with Crippen molar-refractivity contribution in [2.45, 2.75) is 57.5 Å². The number of benzene rings is 3. The molecule has 0 aliphatic rings. The van der Waals surface area contributed by atoms with Gasteiger partial charge in [0.15, 0.2) is 0 Å². The van der Waals surface area contributed by atoms with Crippen molar-refractivity contribution in [1.29, 1.82) is 0 Å². The molecule has 0 fully saturated rings. The molecule has 0 aliphatic carbocycles. The predicted molar refractivity (Wildman–Crippen MR) is 158 cm³/mol. The lowest BCUT2D eigenvalue weighted by Crippen LogP contribution is -2.55. The predicted octanol–water partition coefficient (Wildman–Crippen LogP) is 4.57. The Morgan fingerprint density at radius 1 is 0.925 bits per heavy atom. The van der Waals surface area contributed by atoms with Gasteiger partial charge in [-0.1, -0.05) is 60.2 Å². The van der Waals surface area contributed by atoms with Gasteiger partial charge in [0, 0.05) is 12.1 Å². The molecule has 0 spiro atoms. The molecular formula is C31H39N3O5S. The molecule has 2 amide bonds. The van der Waals surface area contributed by atoms with E-state index in [9.17, 15) is 18.0 Å².